The fourth-order valence-electron chi connectivity index (χ4n) is 4.15. The standard InChI is InChI=1S/C11H18N4O2.C11H15N3O2.C11H15NO2S.C7H13N3O3S.C5H10N2O2S.4H2/c1-7-8(2)12-10(14(3)4)13-9(7)17-11(16)15(5)6;1-12-11(15)16-10-6-4-5-9(7-10)13-8-14(2)3;1-7-5-9(14-11(13)12-3)6-8(2)10(7)15-4;1-8-7(12)13-9-5(14-4)6(11)10(2)3;1-4(10-3)7-9-5(8)6-2;;;;/h1-6H3;4-8H,1-3H3,(H,12,15);5-6H,1-4H3,(H,12,13);1-4H3,(H,8,12);1-3H3,(H,6,8);4*1H/b;;;9-5-;7-4+;;;;. The second kappa shape index (κ2) is 36.9. The molecule has 1 aromatic heterocycles. The molecule has 4 N–H and O–H groups in total. The Labute approximate surface area is 441 Å². The number of benzene rings is 2. The molecular formula is C45H79N13O11S3. The van der Waals surface area contributed by atoms with Gasteiger partial charge in [-0.25, -0.2) is 33.9 Å². The van der Waals surface area contributed by atoms with Crippen molar-refractivity contribution in [2.75, 3.05) is 108 Å². The van der Waals surface area contributed by atoms with E-state index in [0.717, 1.165) is 39.8 Å². The van der Waals surface area contributed by atoms with Gasteiger partial charge in [0.25, 0.3) is 5.91 Å². The zero-order valence-electron chi connectivity index (χ0n) is 44.8. The molecule has 0 saturated heterocycles. The van der Waals surface area contributed by atoms with Crippen molar-refractivity contribution in [3.8, 4) is 17.4 Å². The monoisotopic (exact) mass is 1070 g/mol. The molecule has 1 heterocycles. The van der Waals surface area contributed by atoms with Crippen LogP contribution in [0.4, 0.5) is 35.6 Å². The number of rotatable bonds is 9. The highest BCUT2D eigenvalue weighted by Gasteiger charge is 2.16. The number of amides is 6. The lowest BCUT2D eigenvalue weighted by atomic mass is 10.1. The highest BCUT2D eigenvalue weighted by molar-refractivity contribution is 8.15. The van der Waals surface area contributed by atoms with Gasteiger partial charge in [-0.3, -0.25) is 14.5 Å². The Hall–Kier alpha value is -7.00. The molecule has 0 saturated carbocycles. The highest BCUT2D eigenvalue weighted by Crippen LogP contribution is 2.29. The van der Waals surface area contributed by atoms with Gasteiger partial charge >= 0.3 is 30.5 Å². The predicted octanol–water partition coefficient (Wildman–Crippen LogP) is 7.72. The molecule has 3 aromatic rings. The third-order valence-electron chi connectivity index (χ3n) is 7.96. The van der Waals surface area contributed by atoms with Crippen molar-refractivity contribution in [1.82, 2.24) is 45.9 Å². The largest absolute Gasteiger partial charge is 0.433 e. The minimum atomic E-state index is -0.705. The van der Waals surface area contributed by atoms with Gasteiger partial charge in [-0.1, -0.05) is 16.4 Å². The van der Waals surface area contributed by atoms with Gasteiger partial charge in [0.15, 0.2) is 0 Å². The first-order valence-electron chi connectivity index (χ1n) is 21.1. The number of aliphatic imine (C=N–C) groups is 1. The van der Waals surface area contributed by atoms with Gasteiger partial charge in [-0.2, -0.15) is 4.98 Å². The van der Waals surface area contributed by atoms with Crippen molar-refractivity contribution < 1.29 is 58.4 Å². The van der Waals surface area contributed by atoms with Crippen LogP contribution in [0.1, 0.15) is 35.0 Å². The van der Waals surface area contributed by atoms with Gasteiger partial charge in [-0.05, 0) is 88.8 Å². The van der Waals surface area contributed by atoms with Crippen LogP contribution in [0.5, 0.6) is 17.4 Å². The summed E-state index contributed by atoms with van der Waals surface area (Å²) in [6.45, 7) is 9.46. The minimum absolute atomic E-state index is 0. The smallest absolute Gasteiger partial charge is 0.410 e. The second-order valence-electron chi connectivity index (χ2n) is 14.6. The molecule has 0 spiro atoms. The molecule has 27 heteroatoms. The van der Waals surface area contributed by atoms with Crippen molar-refractivity contribution in [3.63, 3.8) is 0 Å². The fraction of sp³-hybridized carbons (Fsp3) is 0.444. The first-order valence-corrected chi connectivity index (χ1v) is 24.8. The first kappa shape index (κ1) is 67.1. The number of carbonyl (C=O) groups is 6. The van der Waals surface area contributed by atoms with Crippen LogP contribution < -0.4 is 40.4 Å². The summed E-state index contributed by atoms with van der Waals surface area (Å²) in [5.41, 5.74) is 4.55. The number of anilines is 1. The molecule has 0 radical (unpaired) electrons. The van der Waals surface area contributed by atoms with Crippen LogP contribution in [0.3, 0.4) is 0 Å². The van der Waals surface area contributed by atoms with Crippen molar-refractivity contribution in [1.29, 1.82) is 0 Å². The topological polar surface area (TPSA) is 273 Å². The van der Waals surface area contributed by atoms with E-state index in [9.17, 15) is 28.8 Å². The first-order chi connectivity index (χ1) is 33.7. The van der Waals surface area contributed by atoms with E-state index in [2.05, 4.69) is 56.2 Å². The molecule has 0 aliphatic rings. The molecule has 2 aromatic carbocycles. The summed E-state index contributed by atoms with van der Waals surface area (Å²) >= 11 is 4.23. The lowest BCUT2D eigenvalue weighted by Gasteiger charge is -2.16. The van der Waals surface area contributed by atoms with Crippen molar-refractivity contribution in [3.05, 3.63) is 58.8 Å². The van der Waals surface area contributed by atoms with Gasteiger partial charge in [0.2, 0.25) is 16.9 Å². The molecule has 0 aliphatic heterocycles. The average molecular weight is 1070 g/mol. The van der Waals surface area contributed by atoms with E-state index in [-0.39, 0.29) is 16.7 Å². The summed E-state index contributed by atoms with van der Waals surface area (Å²) in [7, 11) is 19.8. The van der Waals surface area contributed by atoms with E-state index in [1.54, 1.807) is 82.6 Å². The molecule has 0 atom stereocenters. The summed E-state index contributed by atoms with van der Waals surface area (Å²) in [4.78, 5) is 94.8. The Morgan fingerprint density at radius 2 is 1.17 bits per heavy atom. The normalized spacial score (nSPS) is 10.3. The molecule has 6 amide bonds. The van der Waals surface area contributed by atoms with E-state index in [1.807, 2.05) is 91.5 Å². The number of hydrogen-bond acceptors (Lipinski definition) is 20. The van der Waals surface area contributed by atoms with E-state index in [1.165, 1.54) is 54.6 Å². The third-order valence-corrected chi connectivity index (χ3v) is 10.3. The van der Waals surface area contributed by atoms with Gasteiger partial charge in [0, 0.05) is 112 Å². The van der Waals surface area contributed by atoms with Gasteiger partial charge < -0.3 is 55.1 Å². The summed E-state index contributed by atoms with van der Waals surface area (Å²) in [5, 5.41) is 17.0. The number of oxime groups is 2. The Bertz CT molecular complexity index is 2310. The van der Waals surface area contributed by atoms with Crippen molar-refractivity contribution >= 4 is 99.7 Å². The van der Waals surface area contributed by atoms with Crippen LogP contribution in [-0.2, 0) is 14.5 Å². The van der Waals surface area contributed by atoms with Crippen LogP contribution in [0, 0.1) is 27.7 Å². The quantitative estimate of drug-likeness (QED) is 0.0525. The zero-order chi connectivity index (χ0) is 55.7. The highest BCUT2D eigenvalue weighted by atomic mass is 32.2. The molecule has 0 bridgehead atoms. The molecule has 0 aliphatic carbocycles. The Morgan fingerprint density at radius 1 is 0.653 bits per heavy atom. The maximum Gasteiger partial charge on any atom is 0.433 e. The third kappa shape index (κ3) is 28.6. The molecule has 24 nitrogen and oxygen atoms in total. The zero-order valence-corrected chi connectivity index (χ0v) is 47.2. The Morgan fingerprint density at radius 3 is 1.60 bits per heavy atom. The van der Waals surface area contributed by atoms with Crippen molar-refractivity contribution in [2.24, 2.45) is 15.3 Å². The van der Waals surface area contributed by atoms with Crippen molar-refractivity contribution in [2.45, 2.75) is 39.5 Å². The lowest BCUT2D eigenvalue weighted by molar-refractivity contribution is -0.121. The number of thioether (sulfide) groups is 3. The number of hydrogen-bond donors (Lipinski definition) is 4. The summed E-state index contributed by atoms with van der Waals surface area (Å²) in [6.07, 6.45) is 4.61. The number of nitrogens with zero attached hydrogens (tertiary/aromatic N) is 9. The number of aromatic nitrogens is 2. The minimum Gasteiger partial charge on any atom is -0.410 e. The summed E-state index contributed by atoms with van der Waals surface area (Å²) < 4.78 is 15.2. The second-order valence-corrected chi connectivity index (χ2v) is 17.3. The molecule has 0 fully saturated rings. The van der Waals surface area contributed by atoms with Gasteiger partial charge in [-0.15, -0.1) is 35.3 Å². The molecular weight excluding hydrogens is 995 g/mol. The lowest BCUT2D eigenvalue weighted by Crippen LogP contribution is -2.28. The van der Waals surface area contributed by atoms with Crippen LogP contribution in [-0.4, -0.2) is 181 Å². The summed E-state index contributed by atoms with van der Waals surface area (Å²) in [5.74, 6) is 1.57. The molecule has 408 valence electrons. The fourth-order valence-corrected chi connectivity index (χ4v) is 5.49. The van der Waals surface area contributed by atoms with E-state index >= 15 is 0 Å². The molecule has 3 rings (SSSR count). The maximum absolute atomic E-state index is 11.5. The average Bonchev–Trinajstić information content (AvgIpc) is 3.34. The number of nitrogens with one attached hydrogen (secondary N) is 4. The predicted molar refractivity (Wildman–Crippen MR) is 297 cm³/mol. The SMILES string of the molecule is CNC(=O)O/N=C(\C)SC.CNC(=O)O/N=C(\SC)C(=O)N(C)C.CNC(=O)Oc1cc(C)c(SC)c(C)c1.CNC(=O)Oc1cccc(N=CN(C)C)c1.Cc1nc(N(C)C)nc(OC(=O)N(C)C)c1C.[HH].[HH].[HH].[HH]. The van der Waals surface area contributed by atoms with Crippen LogP contribution >= 0.6 is 35.3 Å². The van der Waals surface area contributed by atoms with Crippen LogP contribution in [0.25, 0.3) is 0 Å². The van der Waals surface area contributed by atoms with E-state index < -0.39 is 30.5 Å². The van der Waals surface area contributed by atoms with E-state index in [4.69, 9.17) is 14.2 Å². The number of ether oxygens (including phenoxy) is 3. The molecule has 72 heavy (non-hydrogen) atoms. The van der Waals surface area contributed by atoms with Crippen LogP contribution in [0.15, 0.2) is 56.6 Å². The van der Waals surface area contributed by atoms with Gasteiger partial charge in [0.1, 0.15) is 16.5 Å². The van der Waals surface area contributed by atoms with E-state index in [0.29, 0.717) is 28.4 Å². The number of carbonyl (C=O) groups excluding carboxylic acids is 6. The Balaban J connectivity index is -0.000000201. The van der Waals surface area contributed by atoms with Crippen LogP contribution in [0.2, 0.25) is 0 Å². The van der Waals surface area contributed by atoms with Gasteiger partial charge in [0.05, 0.1) is 12.0 Å². The Kier molecular flexibility index (Phi) is 34.4. The number of aryl methyl sites for hydroxylation is 3. The maximum atomic E-state index is 11.5. The summed E-state index contributed by atoms with van der Waals surface area (Å²) in [6, 6.07) is 10.7. The molecule has 0 unspecified atom stereocenters.